The van der Waals surface area contributed by atoms with E-state index in [2.05, 4.69) is 10.3 Å². The number of H-pyrrole nitrogens is 1. The molecule has 0 saturated heterocycles. The van der Waals surface area contributed by atoms with E-state index in [4.69, 9.17) is 10.5 Å². The number of nitrogens with one attached hydrogen (secondary N) is 2. The van der Waals surface area contributed by atoms with Crippen LogP contribution in [0.15, 0.2) is 36.4 Å². The van der Waals surface area contributed by atoms with Gasteiger partial charge in [0.1, 0.15) is 5.75 Å². The molecule has 2 amide bonds. The lowest BCUT2D eigenvalue weighted by Gasteiger charge is -2.08. The third-order valence-corrected chi connectivity index (χ3v) is 3.28. The molecule has 0 aliphatic carbocycles. The highest BCUT2D eigenvalue weighted by atomic mass is 16.5. The third kappa shape index (κ3) is 2.16. The second-order valence-electron chi connectivity index (χ2n) is 4.51. The van der Waals surface area contributed by atoms with Crippen LogP contribution in [0.5, 0.6) is 5.75 Å². The number of primary amides is 1. The number of amides is 2. The molecule has 0 atom stereocenters. The number of aromatic amines is 1. The molecule has 6 heteroatoms. The summed E-state index contributed by atoms with van der Waals surface area (Å²) in [5, 5.41) is 4.05. The predicted molar refractivity (Wildman–Crippen MR) is 79.0 cm³/mol. The van der Waals surface area contributed by atoms with Crippen molar-refractivity contribution in [1.82, 2.24) is 10.3 Å². The molecule has 3 rings (SSSR count). The number of hydrogen-bond acceptors (Lipinski definition) is 3. The fourth-order valence-corrected chi connectivity index (χ4v) is 2.41. The quantitative estimate of drug-likeness (QED) is 0.376. The molecule has 0 aliphatic heterocycles. The number of fused-ring (bicyclic) bond motifs is 3. The van der Waals surface area contributed by atoms with Gasteiger partial charge in [-0.3, -0.25) is 9.59 Å². The molecule has 106 valence electrons. The van der Waals surface area contributed by atoms with Gasteiger partial charge in [0, 0.05) is 21.9 Å². The Kier molecular flexibility index (Phi) is 3.19. The van der Waals surface area contributed by atoms with Gasteiger partial charge in [-0.2, -0.15) is 0 Å². The second kappa shape index (κ2) is 5.16. The molecule has 0 bridgehead atoms. The summed E-state index contributed by atoms with van der Waals surface area (Å²) in [6, 6.07) is 10.9. The lowest BCUT2D eigenvalue weighted by Crippen LogP contribution is -2.18. The van der Waals surface area contributed by atoms with E-state index >= 15 is 0 Å². The fourth-order valence-electron chi connectivity index (χ4n) is 2.41. The van der Waals surface area contributed by atoms with Gasteiger partial charge in [-0.15, -0.1) is 0 Å². The van der Waals surface area contributed by atoms with E-state index in [9.17, 15) is 9.59 Å². The third-order valence-electron chi connectivity index (χ3n) is 3.28. The monoisotopic (exact) mass is 283 g/mol. The number of carbonyl (C=O) groups is 2. The van der Waals surface area contributed by atoms with Crippen molar-refractivity contribution in [3.8, 4) is 5.75 Å². The first kappa shape index (κ1) is 13.0. The molecule has 1 heterocycles. The Morgan fingerprint density at radius 1 is 1.29 bits per heavy atom. The van der Waals surface area contributed by atoms with Gasteiger partial charge < -0.3 is 20.8 Å². The van der Waals surface area contributed by atoms with Gasteiger partial charge in [-0.05, 0) is 18.2 Å². The molecule has 0 fully saturated rings. The molecule has 2 aromatic carbocycles. The SMILES string of the molecule is NC(=O)c1ccc(OCNC=O)c2[nH]c3ccccc3c12. The molecule has 21 heavy (non-hydrogen) atoms. The second-order valence-corrected chi connectivity index (χ2v) is 4.51. The molecule has 1 aromatic heterocycles. The van der Waals surface area contributed by atoms with E-state index in [0.717, 1.165) is 16.3 Å². The molecule has 0 radical (unpaired) electrons. The summed E-state index contributed by atoms with van der Waals surface area (Å²) < 4.78 is 5.50. The number of hydrogen-bond donors (Lipinski definition) is 3. The first-order valence-corrected chi connectivity index (χ1v) is 6.35. The standard InChI is InChI=1S/C15H13N3O3/c16-15(20)10-5-6-12(21-8-17-7-19)14-13(10)9-3-1-2-4-11(9)18-14/h1-7,18H,8H2,(H2,16,20)(H,17,19). The van der Waals surface area contributed by atoms with Crippen LogP contribution in [-0.4, -0.2) is 24.0 Å². The molecule has 6 nitrogen and oxygen atoms in total. The molecule has 0 aliphatic rings. The minimum Gasteiger partial charge on any atom is -0.471 e. The summed E-state index contributed by atoms with van der Waals surface area (Å²) in [4.78, 5) is 25.1. The van der Waals surface area contributed by atoms with Crippen LogP contribution in [0.2, 0.25) is 0 Å². The number of benzene rings is 2. The van der Waals surface area contributed by atoms with Crippen molar-refractivity contribution < 1.29 is 14.3 Å². The molecule has 0 unspecified atom stereocenters. The Labute approximate surface area is 119 Å². The molecule has 0 saturated carbocycles. The molecule has 0 spiro atoms. The zero-order valence-corrected chi connectivity index (χ0v) is 11.1. The van der Waals surface area contributed by atoms with E-state index in [-0.39, 0.29) is 6.73 Å². The fraction of sp³-hybridized carbons (Fsp3) is 0.0667. The Morgan fingerprint density at radius 3 is 2.86 bits per heavy atom. The van der Waals surface area contributed by atoms with Gasteiger partial charge in [0.2, 0.25) is 12.3 Å². The summed E-state index contributed by atoms with van der Waals surface area (Å²) in [7, 11) is 0. The predicted octanol–water partition coefficient (Wildman–Crippen LogP) is 1.50. The van der Waals surface area contributed by atoms with Crippen LogP contribution in [-0.2, 0) is 4.79 Å². The van der Waals surface area contributed by atoms with Crippen molar-refractivity contribution >= 4 is 34.1 Å². The Bertz CT molecular complexity index is 839. The van der Waals surface area contributed by atoms with Crippen molar-refractivity contribution in [2.45, 2.75) is 0 Å². The van der Waals surface area contributed by atoms with E-state index in [1.807, 2.05) is 24.3 Å². The number of aromatic nitrogens is 1. The highest BCUT2D eigenvalue weighted by Gasteiger charge is 2.15. The van der Waals surface area contributed by atoms with E-state index in [1.54, 1.807) is 12.1 Å². The molecular weight excluding hydrogens is 270 g/mol. The van der Waals surface area contributed by atoms with Crippen molar-refractivity contribution in [3.63, 3.8) is 0 Å². The van der Waals surface area contributed by atoms with Crippen LogP contribution >= 0.6 is 0 Å². The first-order chi connectivity index (χ1) is 10.2. The average molecular weight is 283 g/mol. The summed E-state index contributed by atoms with van der Waals surface area (Å²) >= 11 is 0. The van der Waals surface area contributed by atoms with Crippen molar-refractivity contribution in [1.29, 1.82) is 0 Å². The van der Waals surface area contributed by atoms with Crippen LogP contribution in [0.25, 0.3) is 21.8 Å². The number of para-hydroxylation sites is 1. The maximum absolute atomic E-state index is 11.6. The summed E-state index contributed by atoms with van der Waals surface area (Å²) in [5.74, 6) is 0.0443. The Hall–Kier alpha value is -3.02. The van der Waals surface area contributed by atoms with Crippen LogP contribution in [0.1, 0.15) is 10.4 Å². The summed E-state index contributed by atoms with van der Waals surface area (Å²) in [5.41, 5.74) is 7.44. The van der Waals surface area contributed by atoms with Crippen molar-refractivity contribution in [2.24, 2.45) is 5.73 Å². The Morgan fingerprint density at radius 2 is 2.10 bits per heavy atom. The van der Waals surface area contributed by atoms with Crippen LogP contribution in [0, 0.1) is 0 Å². The lowest BCUT2D eigenvalue weighted by atomic mass is 10.1. The number of nitrogens with two attached hydrogens (primary N) is 1. The topological polar surface area (TPSA) is 97.2 Å². The normalized spacial score (nSPS) is 10.7. The number of ether oxygens (including phenoxy) is 1. The lowest BCUT2D eigenvalue weighted by molar-refractivity contribution is -0.110. The van der Waals surface area contributed by atoms with Gasteiger partial charge in [-0.1, -0.05) is 18.2 Å². The van der Waals surface area contributed by atoms with Crippen molar-refractivity contribution in [2.75, 3.05) is 6.73 Å². The molecule has 3 aromatic rings. The van der Waals surface area contributed by atoms with Crippen LogP contribution < -0.4 is 15.8 Å². The summed E-state index contributed by atoms with van der Waals surface area (Å²) in [6.45, 7) is 0.0455. The van der Waals surface area contributed by atoms with Crippen LogP contribution in [0.4, 0.5) is 0 Å². The van der Waals surface area contributed by atoms with Gasteiger partial charge in [-0.25, -0.2) is 0 Å². The Balaban J connectivity index is 2.25. The van der Waals surface area contributed by atoms with Crippen LogP contribution in [0.3, 0.4) is 0 Å². The number of rotatable bonds is 5. The van der Waals surface area contributed by atoms with E-state index in [0.29, 0.717) is 23.2 Å². The maximum Gasteiger partial charge on any atom is 0.249 e. The van der Waals surface area contributed by atoms with Gasteiger partial charge in [0.25, 0.3) is 0 Å². The highest BCUT2D eigenvalue weighted by Crippen LogP contribution is 2.34. The highest BCUT2D eigenvalue weighted by molar-refractivity contribution is 6.18. The van der Waals surface area contributed by atoms with Gasteiger partial charge >= 0.3 is 0 Å². The zero-order chi connectivity index (χ0) is 14.8. The molecular formula is C15H13N3O3. The zero-order valence-electron chi connectivity index (χ0n) is 11.1. The largest absolute Gasteiger partial charge is 0.471 e. The minimum absolute atomic E-state index is 0.0455. The van der Waals surface area contributed by atoms with Crippen molar-refractivity contribution in [3.05, 3.63) is 42.0 Å². The average Bonchev–Trinajstić information content (AvgIpc) is 2.87. The minimum atomic E-state index is -0.498. The first-order valence-electron chi connectivity index (χ1n) is 6.35. The summed E-state index contributed by atoms with van der Waals surface area (Å²) in [6.07, 6.45) is 0.556. The van der Waals surface area contributed by atoms with E-state index < -0.39 is 5.91 Å². The van der Waals surface area contributed by atoms with E-state index in [1.165, 1.54) is 0 Å². The van der Waals surface area contributed by atoms with Gasteiger partial charge in [0.05, 0.1) is 5.52 Å². The smallest absolute Gasteiger partial charge is 0.249 e. The molecule has 4 N–H and O–H groups in total. The maximum atomic E-state index is 11.6. The van der Waals surface area contributed by atoms with Gasteiger partial charge in [0.15, 0.2) is 6.73 Å². The number of carbonyl (C=O) groups excluding carboxylic acids is 2.